The van der Waals surface area contributed by atoms with E-state index < -0.39 is 0 Å². The van der Waals surface area contributed by atoms with Crippen LogP contribution in [0.2, 0.25) is 5.02 Å². The van der Waals surface area contributed by atoms with Gasteiger partial charge < -0.3 is 4.42 Å². The molecular weight excluding hydrogens is 444 g/mol. The molecule has 0 saturated carbocycles. The average molecular weight is 461 g/mol. The van der Waals surface area contributed by atoms with Crippen LogP contribution in [0.3, 0.4) is 0 Å². The number of halogens is 1. The van der Waals surface area contributed by atoms with Crippen LogP contribution in [0.4, 0.5) is 0 Å². The van der Waals surface area contributed by atoms with E-state index in [0.717, 1.165) is 27.7 Å². The molecule has 5 rings (SSSR count). The maximum Gasteiger partial charge on any atom is 0.247 e. The molecule has 0 unspecified atom stereocenters. The van der Waals surface area contributed by atoms with Gasteiger partial charge in [0.2, 0.25) is 11.8 Å². The third-order valence-corrected chi connectivity index (χ3v) is 5.93. The van der Waals surface area contributed by atoms with Crippen molar-refractivity contribution in [3.8, 4) is 22.8 Å². The minimum absolute atomic E-state index is 0.459. The zero-order valence-electron chi connectivity index (χ0n) is 16.8. The summed E-state index contributed by atoms with van der Waals surface area (Å²) in [6.07, 6.45) is 3.50. The van der Waals surface area contributed by atoms with E-state index >= 15 is 0 Å². The molecule has 0 N–H and O–H groups in total. The lowest BCUT2D eigenvalue weighted by molar-refractivity contribution is 0.528. The Balaban J connectivity index is 1.39. The van der Waals surface area contributed by atoms with Crippen LogP contribution in [-0.4, -0.2) is 29.9 Å². The summed E-state index contributed by atoms with van der Waals surface area (Å²) in [7, 11) is 0. The minimum Gasteiger partial charge on any atom is -0.420 e. The highest BCUT2D eigenvalue weighted by Gasteiger charge is 2.17. The molecule has 3 aromatic heterocycles. The van der Waals surface area contributed by atoms with Gasteiger partial charge in [0.15, 0.2) is 11.0 Å². The maximum atomic E-state index is 5.95. The monoisotopic (exact) mass is 460 g/mol. The molecule has 0 spiro atoms. The van der Waals surface area contributed by atoms with Crippen molar-refractivity contribution in [2.75, 3.05) is 0 Å². The number of aromatic nitrogens is 6. The molecular formula is C23H17ClN6OS. The fraction of sp³-hybridized carbons (Fsp3) is 0.0870. The highest BCUT2D eigenvalue weighted by molar-refractivity contribution is 7.98. The van der Waals surface area contributed by atoms with Gasteiger partial charge in [-0.3, -0.25) is 9.55 Å². The maximum absolute atomic E-state index is 5.95. The summed E-state index contributed by atoms with van der Waals surface area (Å²) in [4.78, 5) is 4.10. The van der Waals surface area contributed by atoms with Gasteiger partial charge in [-0.2, -0.15) is 0 Å². The second-order valence-corrected chi connectivity index (χ2v) is 8.29. The molecule has 2 aromatic carbocycles. The number of hydrogen-bond donors (Lipinski definition) is 0. The van der Waals surface area contributed by atoms with E-state index in [0.29, 0.717) is 29.1 Å². The fourth-order valence-corrected chi connectivity index (χ4v) is 4.07. The minimum atomic E-state index is 0.459. The van der Waals surface area contributed by atoms with Gasteiger partial charge in [-0.25, -0.2) is 0 Å². The Morgan fingerprint density at radius 3 is 2.38 bits per heavy atom. The van der Waals surface area contributed by atoms with Crippen molar-refractivity contribution >= 4 is 23.4 Å². The zero-order valence-corrected chi connectivity index (χ0v) is 18.4. The summed E-state index contributed by atoms with van der Waals surface area (Å²) in [6.45, 7) is 0.647. The van der Waals surface area contributed by atoms with Crippen molar-refractivity contribution in [3.05, 3.63) is 95.6 Å². The van der Waals surface area contributed by atoms with Crippen molar-refractivity contribution in [1.82, 2.24) is 29.9 Å². The summed E-state index contributed by atoms with van der Waals surface area (Å²) in [5, 5.41) is 18.6. The molecule has 0 saturated heterocycles. The summed E-state index contributed by atoms with van der Waals surface area (Å²) in [6, 6.07) is 21.4. The number of benzene rings is 2. The van der Waals surface area contributed by atoms with Gasteiger partial charge in [0.05, 0.1) is 12.3 Å². The smallest absolute Gasteiger partial charge is 0.247 e. The number of thioether (sulfide) groups is 1. The highest BCUT2D eigenvalue weighted by atomic mass is 35.5. The van der Waals surface area contributed by atoms with Gasteiger partial charge in [-0.05, 0) is 42.0 Å². The molecule has 32 heavy (non-hydrogen) atoms. The van der Waals surface area contributed by atoms with Gasteiger partial charge in [-0.15, -0.1) is 20.4 Å². The largest absolute Gasteiger partial charge is 0.420 e. The molecule has 0 amide bonds. The van der Waals surface area contributed by atoms with Crippen molar-refractivity contribution < 1.29 is 4.42 Å². The van der Waals surface area contributed by atoms with E-state index in [2.05, 4.69) is 42.1 Å². The van der Waals surface area contributed by atoms with Crippen LogP contribution in [0.25, 0.3) is 22.8 Å². The lowest BCUT2D eigenvalue weighted by atomic mass is 10.2. The molecule has 0 aliphatic carbocycles. The van der Waals surface area contributed by atoms with E-state index in [4.69, 9.17) is 16.0 Å². The Morgan fingerprint density at radius 1 is 0.812 bits per heavy atom. The van der Waals surface area contributed by atoms with Crippen molar-refractivity contribution in [3.63, 3.8) is 0 Å². The van der Waals surface area contributed by atoms with Crippen LogP contribution in [0, 0.1) is 0 Å². The quantitative estimate of drug-likeness (QED) is 0.301. The van der Waals surface area contributed by atoms with Crippen LogP contribution in [0.1, 0.15) is 11.5 Å². The van der Waals surface area contributed by atoms with Crippen molar-refractivity contribution in [2.45, 2.75) is 17.5 Å². The van der Waals surface area contributed by atoms with Crippen LogP contribution in [0.15, 0.2) is 88.7 Å². The fourth-order valence-electron chi connectivity index (χ4n) is 3.17. The molecule has 5 aromatic rings. The molecule has 9 heteroatoms. The molecule has 158 valence electrons. The number of nitrogens with zero attached hydrogens (tertiary/aromatic N) is 6. The normalized spacial score (nSPS) is 11.0. The topological polar surface area (TPSA) is 82.5 Å². The molecule has 0 atom stereocenters. The van der Waals surface area contributed by atoms with Gasteiger partial charge >= 0.3 is 0 Å². The Kier molecular flexibility index (Phi) is 5.96. The van der Waals surface area contributed by atoms with Gasteiger partial charge in [-0.1, -0.05) is 53.7 Å². The molecule has 0 aliphatic heterocycles. The Hall–Kier alpha value is -3.49. The summed E-state index contributed by atoms with van der Waals surface area (Å²) < 4.78 is 7.92. The Labute approximate surface area is 193 Å². The van der Waals surface area contributed by atoms with E-state index in [-0.39, 0.29) is 0 Å². The van der Waals surface area contributed by atoms with Crippen LogP contribution >= 0.6 is 23.4 Å². The first kappa shape index (κ1) is 20.4. The van der Waals surface area contributed by atoms with E-state index in [1.165, 1.54) is 11.8 Å². The first-order valence-corrected chi connectivity index (χ1v) is 11.2. The van der Waals surface area contributed by atoms with E-state index in [9.17, 15) is 0 Å². The first-order valence-electron chi connectivity index (χ1n) is 9.85. The van der Waals surface area contributed by atoms with Crippen molar-refractivity contribution in [2.24, 2.45) is 0 Å². The Morgan fingerprint density at radius 2 is 1.59 bits per heavy atom. The Bertz CT molecular complexity index is 1310. The third-order valence-electron chi connectivity index (χ3n) is 4.72. The highest BCUT2D eigenvalue weighted by Crippen LogP contribution is 2.28. The SMILES string of the molecule is Clc1ccc(-c2nnc(CSc3nnc(-c4ccncc4)n3Cc3ccccc3)o2)cc1. The van der Waals surface area contributed by atoms with E-state index in [1.54, 1.807) is 24.5 Å². The van der Waals surface area contributed by atoms with Gasteiger partial charge in [0.25, 0.3) is 0 Å². The molecule has 0 radical (unpaired) electrons. The van der Waals surface area contributed by atoms with Gasteiger partial charge in [0.1, 0.15) is 0 Å². The predicted molar refractivity (Wildman–Crippen MR) is 123 cm³/mol. The average Bonchev–Trinajstić information content (AvgIpc) is 3.47. The first-order chi connectivity index (χ1) is 15.8. The summed E-state index contributed by atoms with van der Waals surface area (Å²) >= 11 is 7.45. The number of rotatable bonds is 7. The molecule has 0 fully saturated rings. The second kappa shape index (κ2) is 9.33. The van der Waals surface area contributed by atoms with Crippen LogP contribution in [-0.2, 0) is 12.3 Å². The van der Waals surface area contributed by atoms with Gasteiger partial charge in [0, 0.05) is 28.5 Å². The zero-order chi connectivity index (χ0) is 21.8. The number of hydrogen-bond acceptors (Lipinski definition) is 7. The second-order valence-electron chi connectivity index (χ2n) is 6.91. The molecule has 3 heterocycles. The summed E-state index contributed by atoms with van der Waals surface area (Å²) in [5.41, 5.74) is 2.94. The van der Waals surface area contributed by atoms with Crippen molar-refractivity contribution in [1.29, 1.82) is 0 Å². The standard InChI is InChI=1S/C23H17ClN6OS/c24-19-8-6-18(7-9-19)22-28-26-20(31-22)15-32-23-29-27-21(17-10-12-25-13-11-17)30(23)14-16-4-2-1-3-5-16/h1-13H,14-15H2. The number of pyridine rings is 1. The van der Waals surface area contributed by atoms with E-state index in [1.807, 2.05) is 42.5 Å². The third kappa shape index (κ3) is 4.56. The molecule has 0 bridgehead atoms. The van der Waals surface area contributed by atoms with Crippen LogP contribution < -0.4 is 0 Å². The predicted octanol–water partition coefficient (Wildman–Crippen LogP) is 5.38. The molecule has 0 aliphatic rings. The lowest BCUT2D eigenvalue weighted by Crippen LogP contribution is -2.04. The van der Waals surface area contributed by atoms with Crippen LogP contribution in [0.5, 0.6) is 0 Å². The molecule has 7 nitrogen and oxygen atoms in total. The summed E-state index contributed by atoms with van der Waals surface area (Å²) in [5.74, 6) is 2.23. The lowest BCUT2D eigenvalue weighted by Gasteiger charge is -2.10.